The Kier molecular flexibility index (Phi) is 41.0. The van der Waals surface area contributed by atoms with Crippen LogP contribution in [-0.2, 0) is 28.2 Å². The topological polar surface area (TPSA) is 140 Å². The molecule has 0 aromatic heterocycles. The fourth-order valence-electron chi connectivity index (χ4n) is 6.74. The Labute approximate surface area is 349 Å². The summed E-state index contributed by atoms with van der Waals surface area (Å²) >= 11 is 0. The average Bonchev–Trinajstić information content (AvgIpc) is 3.18. The van der Waals surface area contributed by atoms with Gasteiger partial charge >= 0.3 is 19.8 Å². The molecular weight excluding hydrogens is 739 g/mol. The maximum absolute atomic E-state index is 12.4. The van der Waals surface area contributed by atoms with E-state index in [2.05, 4.69) is 30.5 Å². The van der Waals surface area contributed by atoms with Crippen molar-refractivity contribution in [1.82, 2.24) is 0 Å². The van der Waals surface area contributed by atoms with E-state index in [1.807, 2.05) is 12.2 Å². The van der Waals surface area contributed by atoms with Gasteiger partial charge in [-0.2, -0.15) is 0 Å². The van der Waals surface area contributed by atoms with E-state index in [-0.39, 0.29) is 19.4 Å². The molecule has 10 heteroatoms. The summed E-state index contributed by atoms with van der Waals surface area (Å²) in [5.74, 6) is -1.07. The first-order valence-electron chi connectivity index (χ1n) is 23.4. The lowest BCUT2D eigenvalue weighted by Crippen LogP contribution is -2.29. The lowest BCUT2D eigenvalue weighted by Gasteiger charge is -2.18. The number of aliphatic hydroxyl groups excluding tert-OH is 1. The van der Waals surface area contributed by atoms with Crippen LogP contribution in [0.25, 0.3) is 0 Å². The average molecular weight is 827 g/mol. The van der Waals surface area contributed by atoms with Crippen molar-refractivity contribution < 1.29 is 43.0 Å². The zero-order chi connectivity index (χ0) is 41.9. The van der Waals surface area contributed by atoms with Crippen LogP contribution >= 0.6 is 7.82 Å². The minimum atomic E-state index is -4.81. The predicted molar refractivity (Wildman–Crippen MR) is 236 cm³/mol. The standard InChI is InChI=1S/C47H87O9P/c1-3-5-7-9-11-13-15-17-18-19-20-21-22-23-24-26-28-30-32-34-36-40-46(49)54-42-45(43-55-57(51,52)53)56-47(50)41-37-39-44(48)38-35-33-31-29-27-25-16-14-12-10-8-6-4-2/h25,27,31,33,35,38,44-45,48H,3-24,26,28-30,32,34,36-37,39-43H2,1-2H3,(H2,51,52,53)/b27-25+,33-31+,38-35+/t44?,45-/m1/s1. The van der Waals surface area contributed by atoms with E-state index in [9.17, 15) is 19.3 Å². The SMILES string of the molecule is CCCCCCCC/C=C/C/C=C/C=C/C(O)CCCC(=O)O[C@H](COC(=O)CCCCCCCCCCCCCCCCCCCCCCC)COP(=O)(O)O. The number of allylic oxidation sites excluding steroid dienone is 5. The van der Waals surface area contributed by atoms with Crippen LogP contribution in [-0.4, -0.2) is 52.3 Å². The highest BCUT2D eigenvalue weighted by Gasteiger charge is 2.23. The third-order valence-corrected chi connectivity index (χ3v) is 10.8. The highest BCUT2D eigenvalue weighted by molar-refractivity contribution is 7.46. The molecule has 0 fully saturated rings. The highest BCUT2D eigenvalue weighted by Crippen LogP contribution is 2.36. The van der Waals surface area contributed by atoms with E-state index in [4.69, 9.17) is 19.3 Å². The minimum Gasteiger partial charge on any atom is -0.462 e. The van der Waals surface area contributed by atoms with Crippen LogP contribution < -0.4 is 0 Å². The number of rotatable bonds is 43. The number of hydrogen-bond donors (Lipinski definition) is 3. The van der Waals surface area contributed by atoms with Crippen molar-refractivity contribution in [1.29, 1.82) is 0 Å². The highest BCUT2D eigenvalue weighted by atomic mass is 31.2. The maximum atomic E-state index is 12.4. The molecule has 0 saturated carbocycles. The third kappa shape index (κ3) is 45.2. The molecule has 9 nitrogen and oxygen atoms in total. The summed E-state index contributed by atoms with van der Waals surface area (Å²) < 4.78 is 26.3. The van der Waals surface area contributed by atoms with Gasteiger partial charge in [0.15, 0.2) is 6.10 Å². The van der Waals surface area contributed by atoms with Crippen molar-refractivity contribution in [2.24, 2.45) is 0 Å². The molecule has 0 aromatic rings. The van der Waals surface area contributed by atoms with Crippen molar-refractivity contribution >= 4 is 19.8 Å². The second-order valence-electron chi connectivity index (χ2n) is 15.9. The fraction of sp³-hybridized carbons (Fsp3) is 0.830. The number of carbonyl (C=O) groups is 2. The van der Waals surface area contributed by atoms with E-state index >= 15 is 0 Å². The van der Waals surface area contributed by atoms with E-state index < -0.39 is 38.6 Å². The molecule has 0 aliphatic carbocycles. The van der Waals surface area contributed by atoms with E-state index in [0.717, 1.165) is 32.1 Å². The minimum absolute atomic E-state index is 0.00999. The van der Waals surface area contributed by atoms with Gasteiger partial charge in [-0.1, -0.05) is 211 Å². The summed E-state index contributed by atoms with van der Waals surface area (Å²) in [4.78, 5) is 43.0. The quantitative estimate of drug-likeness (QED) is 0.0180. The number of unbranched alkanes of at least 4 members (excludes halogenated alkanes) is 26. The molecule has 0 rings (SSSR count). The molecule has 0 radical (unpaired) electrons. The van der Waals surface area contributed by atoms with Crippen molar-refractivity contribution in [3.05, 3.63) is 36.5 Å². The van der Waals surface area contributed by atoms with Crippen LogP contribution in [0.1, 0.15) is 226 Å². The first kappa shape index (κ1) is 55.2. The summed E-state index contributed by atoms with van der Waals surface area (Å²) in [6.45, 7) is 3.55. The van der Waals surface area contributed by atoms with Gasteiger partial charge in [0.05, 0.1) is 12.7 Å². The molecular formula is C47H87O9P. The van der Waals surface area contributed by atoms with Crippen LogP contribution in [0.15, 0.2) is 36.5 Å². The van der Waals surface area contributed by atoms with Gasteiger partial charge in [-0.3, -0.25) is 14.1 Å². The maximum Gasteiger partial charge on any atom is 0.469 e. The van der Waals surface area contributed by atoms with Crippen LogP contribution in [0.2, 0.25) is 0 Å². The number of carbonyl (C=O) groups excluding carboxylic acids is 2. The number of phosphoric ester groups is 1. The Morgan fingerprint density at radius 1 is 0.544 bits per heavy atom. The zero-order valence-corrected chi connectivity index (χ0v) is 37.5. The largest absolute Gasteiger partial charge is 0.469 e. The van der Waals surface area contributed by atoms with Crippen LogP contribution in [0.3, 0.4) is 0 Å². The summed E-state index contributed by atoms with van der Waals surface area (Å²) in [6.07, 6.45) is 47.6. The third-order valence-electron chi connectivity index (χ3n) is 10.3. The van der Waals surface area contributed by atoms with Gasteiger partial charge < -0.3 is 24.4 Å². The predicted octanol–water partition coefficient (Wildman–Crippen LogP) is 13.5. The molecule has 0 bridgehead atoms. The number of ether oxygens (including phenoxy) is 2. The van der Waals surface area contributed by atoms with Crippen molar-refractivity contribution in [2.75, 3.05) is 13.2 Å². The lowest BCUT2D eigenvalue weighted by atomic mass is 10.0. The monoisotopic (exact) mass is 827 g/mol. The molecule has 0 aliphatic heterocycles. The van der Waals surface area contributed by atoms with Crippen molar-refractivity contribution in [2.45, 2.75) is 238 Å². The van der Waals surface area contributed by atoms with E-state index in [1.165, 1.54) is 148 Å². The fourth-order valence-corrected chi connectivity index (χ4v) is 7.10. The second-order valence-corrected chi connectivity index (χ2v) is 17.2. The molecule has 0 saturated heterocycles. The zero-order valence-electron chi connectivity index (χ0n) is 36.6. The number of aliphatic hydroxyl groups is 1. The summed E-state index contributed by atoms with van der Waals surface area (Å²) in [6, 6.07) is 0. The molecule has 0 amide bonds. The normalized spacial score (nSPS) is 13.3. The molecule has 57 heavy (non-hydrogen) atoms. The van der Waals surface area contributed by atoms with Gasteiger partial charge in [-0.25, -0.2) is 4.57 Å². The molecule has 334 valence electrons. The summed E-state index contributed by atoms with van der Waals surface area (Å²) in [5, 5.41) is 10.2. The first-order valence-corrected chi connectivity index (χ1v) is 24.9. The molecule has 0 spiro atoms. The van der Waals surface area contributed by atoms with Gasteiger partial charge in [0, 0.05) is 12.8 Å². The first-order chi connectivity index (χ1) is 27.7. The van der Waals surface area contributed by atoms with Crippen molar-refractivity contribution in [3.8, 4) is 0 Å². The molecule has 0 heterocycles. The molecule has 0 aliphatic rings. The van der Waals surface area contributed by atoms with Gasteiger partial charge in [0.25, 0.3) is 0 Å². The van der Waals surface area contributed by atoms with Crippen LogP contribution in [0.4, 0.5) is 0 Å². The van der Waals surface area contributed by atoms with Crippen molar-refractivity contribution in [3.63, 3.8) is 0 Å². The van der Waals surface area contributed by atoms with Crippen LogP contribution in [0, 0.1) is 0 Å². The van der Waals surface area contributed by atoms with Crippen LogP contribution in [0.5, 0.6) is 0 Å². The number of hydrogen-bond acceptors (Lipinski definition) is 7. The van der Waals surface area contributed by atoms with E-state index in [1.54, 1.807) is 12.2 Å². The van der Waals surface area contributed by atoms with Gasteiger partial charge in [-0.15, -0.1) is 0 Å². The molecule has 1 unspecified atom stereocenters. The second kappa shape index (κ2) is 42.4. The van der Waals surface area contributed by atoms with Gasteiger partial charge in [-0.05, 0) is 38.5 Å². The summed E-state index contributed by atoms with van der Waals surface area (Å²) in [7, 11) is -4.81. The summed E-state index contributed by atoms with van der Waals surface area (Å²) in [5.41, 5.74) is 0. The lowest BCUT2D eigenvalue weighted by molar-refractivity contribution is -0.161. The Balaban J connectivity index is 3.98. The Bertz CT molecular complexity index is 1040. The van der Waals surface area contributed by atoms with E-state index in [0.29, 0.717) is 19.3 Å². The Morgan fingerprint density at radius 3 is 1.49 bits per heavy atom. The Hall–Kier alpha value is -1.77. The molecule has 0 aromatic carbocycles. The van der Waals surface area contributed by atoms with Gasteiger partial charge in [0.1, 0.15) is 6.61 Å². The number of phosphoric acid groups is 1. The molecule has 3 N–H and O–H groups in total. The van der Waals surface area contributed by atoms with Gasteiger partial charge in [0.2, 0.25) is 0 Å². The number of esters is 2. The smallest absolute Gasteiger partial charge is 0.462 e. The Morgan fingerprint density at radius 2 is 1.00 bits per heavy atom. The molecule has 2 atom stereocenters.